The number of amides is 1. The molecule has 0 spiro atoms. The highest BCUT2D eigenvalue weighted by molar-refractivity contribution is 6.00. The van der Waals surface area contributed by atoms with Crippen LogP contribution in [0.4, 0.5) is 4.79 Å². The van der Waals surface area contributed by atoms with Crippen molar-refractivity contribution in [2.75, 3.05) is 0 Å². The number of fused-ring (bicyclic) bond motifs is 2. The van der Waals surface area contributed by atoms with Crippen LogP contribution in [0.2, 0.25) is 0 Å². The van der Waals surface area contributed by atoms with Gasteiger partial charge in [0.25, 0.3) is 0 Å². The monoisotopic (exact) mass is 340 g/mol. The van der Waals surface area contributed by atoms with Gasteiger partial charge in [-0.25, -0.2) is 4.79 Å². The Bertz CT molecular complexity index is 715. The Morgan fingerprint density at radius 3 is 2.32 bits per heavy atom. The van der Waals surface area contributed by atoms with Crippen molar-refractivity contribution in [3.63, 3.8) is 0 Å². The van der Waals surface area contributed by atoms with Crippen LogP contribution in [0.25, 0.3) is 0 Å². The van der Waals surface area contributed by atoms with Gasteiger partial charge in [0.15, 0.2) is 5.78 Å². The van der Waals surface area contributed by atoms with Gasteiger partial charge in [-0.15, -0.1) is 0 Å². The average Bonchev–Trinajstić information content (AvgIpc) is 2.83. The normalized spacial score (nSPS) is 25.4. The lowest BCUT2D eigenvalue weighted by molar-refractivity contribution is 0.00254. The summed E-state index contributed by atoms with van der Waals surface area (Å²) < 4.78 is 5.53. The van der Waals surface area contributed by atoms with Crippen molar-refractivity contribution in [1.29, 1.82) is 5.26 Å². The number of carbonyl (C=O) groups is 2. The number of ether oxygens (including phenoxy) is 1. The summed E-state index contributed by atoms with van der Waals surface area (Å²) in [4.78, 5) is 27.3. The average molecular weight is 340 g/mol. The second-order valence-electron chi connectivity index (χ2n) is 7.96. The van der Waals surface area contributed by atoms with Gasteiger partial charge in [-0.1, -0.05) is 18.2 Å². The third kappa shape index (κ3) is 3.53. The fourth-order valence-corrected chi connectivity index (χ4v) is 4.02. The first-order valence-corrected chi connectivity index (χ1v) is 8.85. The quantitative estimate of drug-likeness (QED) is 0.765. The summed E-state index contributed by atoms with van der Waals surface area (Å²) in [6, 6.07) is 9.17. The van der Waals surface area contributed by atoms with Crippen LogP contribution >= 0.6 is 0 Å². The molecule has 5 nitrogen and oxygen atoms in total. The summed E-state index contributed by atoms with van der Waals surface area (Å²) in [7, 11) is 0. The number of ketones is 1. The molecule has 0 saturated carbocycles. The van der Waals surface area contributed by atoms with Crippen LogP contribution in [0.1, 0.15) is 62.4 Å². The first kappa shape index (κ1) is 17.5. The van der Waals surface area contributed by atoms with Gasteiger partial charge in [-0.3, -0.25) is 4.79 Å². The summed E-state index contributed by atoms with van der Waals surface area (Å²) in [5, 5.41) is 9.23. The number of piperidine rings is 1. The molecule has 2 unspecified atom stereocenters. The molecule has 3 rings (SSSR count). The minimum atomic E-state index is -0.519. The van der Waals surface area contributed by atoms with Crippen LogP contribution in [-0.4, -0.2) is 34.5 Å². The van der Waals surface area contributed by atoms with Gasteiger partial charge < -0.3 is 9.64 Å². The largest absolute Gasteiger partial charge is 0.444 e. The van der Waals surface area contributed by atoms with Crippen LogP contribution in [0, 0.1) is 17.2 Å². The van der Waals surface area contributed by atoms with Crippen LogP contribution in [0.5, 0.6) is 0 Å². The fourth-order valence-electron chi connectivity index (χ4n) is 4.02. The Labute approximate surface area is 148 Å². The Morgan fingerprint density at radius 1 is 1.16 bits per heavy atom. The van der Waals surface area contributed by atoms with Crippen LogP contribution in [0.3, 0.4) is 0 Å². The standard InChI is InChI=1S/C20H24N2O3/c1-20(2,3)25-19(24)22-15-8-9-16(22)11-14(10-15)18(23)17-7-5-4-6-13(17)12-21/h4-7,14-16H,8-11H2,1-3H3. The molecule has 2 aliphatic rings. The van der Waals surface area contributed by atoms with E-state index < -0.39 is 5.60 Å². The molecule has 0 aliphatic carbocycles. The Hall–Kier alpha value is -2.35. The summed E-state index contributed by atoms with van der Waals surface area (Å²) >= 11 is 0. The van der Waals surface area contributed by atoms with Crippen molar-refractivity contribution in [3.05, 3.63) is 35.4 Å². The molecule has 2 heterocycles. The minimum Gasteiger partial charge on any atom is -0.444 e. The summed E-state index contributed by atoms with van der Waals surface area (Å²) in [5.41, 5.74) is 0.407. The summed E-state index contributed by atoms with van der Waals surface area (Å²) in [6.45, 7) is 5.59. The zero-order valence-electron chi connectivity index (χ0n) is 15.0. The van der Waals surface area contributed by atoms with Crippen LogP contribution in [-0.2, 0) is 4.74 Å². The third-order valence-electron chi connectivity index (χ3n) is 5.02. The fraction of sp³-hybridized carbons (Fsp3) is 0.550. The van der Waals surface area contributed by atoms with E-state index in [1.807, 2.05) is 25.7 Å². The van der Waals surface area contributed by atoms with Gasteiger partial charge in [0, 0.05) is 23.6 Å². The molecule has 0 N–H and O–H groups in total. The van der Waals surface area contributed by atoms with E-state index in [0.717, 1.165) is 12.8 Å². The molecule has 2 fully saturated rings. The smallest absolute Gasteiger partial charge is 0.410 e. The van der Waals surface area contributed by atoms with Gasteiger partial charge in [0.2, 0.25) is 0 Å². The second-order valence-corrected chi connectivity index (χ2v) is 7.96. The lowest BCUT2D eigenvalue weighted by Crippen LogP contribution is -2.49. The lowest BCUT2D eigenvalue weighted by atomic mass is 9.84. The molecule has 1 aromatic rings. The van der Waals surface area contributed by atoms with E-state index in [1.165, 1.54) is 0 Å². The first-order chi connectivity index (χ1) is 11.8. The van der Waals surface area contributed by atoms with E-state index in [4.69, 9.17) is 4.74 Å². The van der Waals surface area contributed by atoms with Crippen molar-refractivity contribution < 1.29 is 14.3 Å². The molecule has 2 bridgehead atoms. The number of nitrogens with zero attached hydrogens (tertiary/aromatic N) is 2. The van der Waals surface area contributed by atoms with E-state index in [2.05, 4.69) is 6.07 Å². The van der Waals surface area contributed by atoms with E-state index in [9.17, 15) is 14.9 Å². The SMILES string of the molecule is CC(C)(C)OC(=O)N1C2CCC1CC(C(=O)c1ccccc1C#N)C2. The highest BCUT2D eigenvalue weighted by atomic mass is 16.6. The van der Waals surface area contributed by atoms with Gasteiger partial charge in [0.1, 0.15) is 5.60 Å². The maximum atomic E-state index is 12.9. The highest BCUT2D eigenvalue weighted by Crippen LogP contribution is 2.40. The number of hydrogen-bond acceptors (Lipinski definition) is 4. The molecule has 0 aromatic heterocycles. The summed E-state index contributed by atoms with van der Waals surface area (Å²) in [6.07, 6.45) is 2.84. The zero-order chi connectivity index (χ0) is 18.2. The first-order valence-electron chi connectivity index (χ1n) is 8.85. The van der Waals surface area contributed by atoms with Crippen molar-refractivity contribution in [2.24, 2.45) is 5.92 Å². The second kappa shape index (κ2) is 6.51. The number of benzene rings is 1. The highest BCUT2D eigenvalue weighted by Gasteiger charge is 2.46. The predicted molar refractivity (Wildman–Crippen MR) is 93.1 cm³/mol. The molecular weight excluding hydrogens is 316 g/mol. The summed E-state index contributed by atoms with van der Waals surface area (Å²) in [5.74, 6) is -0.108. The third-order valence-corrected chi connectivity index (χ3v) is 5.02. The van der Waals surface area contributed by atoms with Gasteiger partial charge in [-0.2, -0.15) is 5.26 Å². The van der Waals surface area contributed by atoms with E-state index >= 15 is 0 Å². The molecule has 0 radical (unpaired) electrons. The Balaban J connectivity index is 1.75. The van der Waals surface area contributed by atoms with Crippen molar-refractivity contribution in [2.45, 2.75) is 64.1 Å². The van der Waals surface area contributed by atoms with E-state index in [-0.39, 0.29) is 29.9 Å². The molecule has 2 atom stereocenters. The van der Waals surface area contributed by atoms with Crippen LogP contribution < -0.4 is 0 Å². The number of Topliss-reactive ketones (excluding diaryl/α,β-unsaturated/α-hetero) is 1. The number of rotatable bonds is 2. The number of hydrogen-bond donors (Lipinski definition) is 0. The maximum Gasteiger partial charge on any atom is 0.410 e. The van der Waals surface area contributed by atoms with Gasteiger partial charge in [0.05, 0.1) is 11.6 Å². The van der Waals surface area contributed by atoms with Crippen molar-refractivity contribution in [1.82, 2.24) is 4.90 Å². The van der Waals surface area contributed by atoms with Crippen molar-refractivity contribution >= 4 is 11.9 Å². The predicted octanol–water partition coefficient (Wildman–Crippen LogP) is 3.92. The maximum absolute atomic E-state index is 12.9. The number of nitriles is 1. The molecule has 1 aromatic carbocycles. The van der Waals surface area contributed by atoms with E-state index in [1.54, 1.807) is 24.3 Å². The Kier molecular flexibility index (Phi) is 4.55. The molecule has 2 aliphatic heterocycles. The molecule has 2 saturated heterocycles. The van der Waals surface area contributed by atoms with Gasteiger partial charge >= 0.3 is 6.09 Å². The topological polar surface area (TPSA) is 70.4 Å². The van der Waals surface area contributed by atoms with Gasteiger partial charge in [-0.05, 0) is 52.5 Å². The molecule has 25 heavy (non-hydrogen) atoms. The Morgan fingerprint density at radius 2 is 1.76 bits per heavy atom. The lowest BCUT2D eigenvalue weighted by Gasteiger charge is -2.39. The molecule has 132 valence electrons. The molecule has 1 amide bonds. The molecular formula is C20H24N2O3. The van der Waals surface area contributed by atoms with Crippen molar-refractivity contribution in [3.8, 4) is 6.07 Å². The minimum absolute atomic E-state index is 0.0258. The number of carbonyl (C=O) groups excluding carboxylic acids is 2. The molecule has 5 heteroatoms. The van der Waals surface area contributed by atoms with E-state index in [0.29, 0.717) is 24.0 Å². The van der Waals surface area contributed by atoms with Crippen LogP contribution in [0.15, 0.2) is 24.3 Å². The zero-order valence-corrected chi connectivity index (χ0v) is 15.0.